The van der Waals surface area contributed by atoms with Crippen molar-refractivity contribution < 1.29 is 9.53 Å². The first-order chi connectivity index (χ1) is 9.49. The molecule has 1 aliphatic rings. The standard InChI is InChI=1S/C17H25NO2S/c1-16(2,3)12-10-13-11(9-14(12)21)7-8-18(13)15(19)20-17(4,5)6/h9-10,21H,7-8H2,1-6H3. The van der Waals surface area contributed by atoms with E-state index in [4.69, 9.17) is 4.74 Å². The van der Waals surface area contributed by atoms with Crippen molar-refractivity contribution in [2.24, 2.45) is 0 Å². The van der Waals surface area contributed by atoms with E-state index in [9.17, 15) is 4.79 Å². The molecule has 0 fully saturated rings. The lowest BCUT2D eigenvalue weighted by Crippen LogP contribution is -2.35. The summed E-state index contributed by atoms with van der Waals surface area (Å²) in [5, 5.41) is 0. The summed E-state index contributed by atoms with van der Waals surface area (Å²) in [7, 11) is 0. The molecule has 0 atom stereocenters. The fraction of sp³-hybridized carbons (Fsp3) is 0.588. The third-order valence-corrected chi connectivity index (χ3v) is 3.88. The van der Waals surface area contributed by atoms with Crippen molar-refractivity contribution in [3.05, 3.63) is 23.3 Å². The van der Waals surface area contributed by atoms with E-state index in [0.29, 0.717) is 6.54 Å². The van der Waals surface area contributed by atoms with Crippen LogP contribution in [0.3, 0.4) is 0 Å². The number of nitrogens with zero attached hydrogens (tertiary/aromatic N) is 1. The molecular weight excluding hydrogens is 282 g/mol. The second kappa shape index (κ2) is 5.24. The van der Waals surface area contributed by atoms with Crippen LogP contribution in [-0.2, 0) is 16.6 Å². The summed E-state index contributed by atoms with van der Waals surface area (Å²) in [6, 6.07) is 4.18. The second-order valence-electron chi connectivity index (χ2n) is 7.63. The summed E-state index contributed by atoms with van der Waals surface area (Å²) >= 11 is 4.61. The average molecular weight is 307 g/mol. The van der Waals surface area contributed by atoms with E-state index in [1.807, 2.05) is 20.8 Å². The molecule has 0 saturated heterocycles. The van der Waals surface area contributed by atoms with Crippen LogP contribution < -0.4 is 4.90 Å². The first-order valence-corrected chi connectivity index (χ1v) is 7.80. The lowest BCUT2D eigenvalue weighted by Gasteiger charge is -2.27. The van der Waals surface area contributed by atoms with Crippen LogP contribution in [0, 0.1) is 0 Å². The van der Waals surface area contributed by atoms with Gasteiger partial charge in [0.1, 0.15) is 5.60 Å². The number of thiol groups is 1. The molecule has 0 saturated carbocycles. The highest BCUT2D eigenvalue weighted by Gasteiger charge is 2.31. The summed E-state index contributed by atoms with van der Waals surface area (Å²) in [6.45, 7) is 12.8. The van der Waals surface area contributed by atoms with Gasteiger partial charge in [-0.1, -0.05) is 20.8 Å². The normalized spacial score (nSPS) is 15.1. The van der Waals surface area contributed by atoms with Crippen LogP contribution in [-0.4, -0.2) is 18.2 Å². The molecule has 1 aliphatic heterocycles. The third kappa shape index (κ3) is 3.54. The zero-order chi connectivity index (χ0) is 16.0. The Kier molecular flexibility index (Phi) is 4.04. The van der Waals surface area contributed by atoms with Crippen molar-refractivity contribution in [2.45, 2.75) is 63.9 Å². The zero-order valence-corrected chi connectivity index (χ0v) is 14.7. The van der Waals surface area contributed by atoms with Crippen LogP contribution in [0.4, 0.5) is 10.5 Å². The highest BCUT2D eigenvalue weighted by Crippen LogP contribution is 2.38. The van der Waals surface area contributed by atoms with E-state index in [1.165, 1.54) is 5.56 Å². The van der Waals surface area contributed by atoms with E-state index in [0.717, 1.165) is 22.6 Å². The molecule has 0 aliphatic carbocycles. The Morgan fingerprint density at radius 3 is 2.33 bits per heavy atom. The Morgan fingerprint density at radius 1 is 1.19 bits per heavy atom. The van der Waals surface area contributed by atoms with Crippen molar-refractivity contribution in [3.8, 4) is 0 Å². The van der Waals surface area contributed by atoms with Gasteiger partial charge in [0, 0.05) is 11.4 Å². The molecule has 0 spiro atoms. The number of amides is 1. The molecule has 4 heteroatoms. The highest BCUT2D eigenvalue weighted by molar-refractivity contribution is 7.80. The number of benzene rings is 1. The molecule has 21 heavy (non-hydrogen) atoms. The van der Waals surface area contributed by atoms with Crippen molar-refractivity contribution in [3.63, 3.8) is 0 Å². The largest absolute Gasteiger partial charge is 0.443 e. The molecule has 1 heterocycles. The van der Waals surface area contributed by atoms with E-state index in [2.05, 4.69) is 45.5 Å². The summed E-state index contributed by atoms with van der Waals surface area (Å²) in [5.41, 5.74) is 2.80. The molecule has 2 rings (SSSR count). The molecule has 1 aromatic carbocycles. The lowest BCUT2D eigenvalue weighted by atomic mass is 9.86. The Balaban J connectivity index is 2.37. The number of carbonyl (C=O) groups is 1. The number of fused-ring (bicyclic) bond motifs is 1. The van der Waals surface area contributed by atoms with Crippen LogP contribution >= 0.6 is 12.6 Å². The Morgan fingerprint density at radius 2 is 1.81 bits per heavy atom. The van der Waals surface area contributed by atoms with Gasteiger partial charge < -0.3 is 4.74 Å². The molecule has 0 N–H and O–H groups in total. The van der Waals surface area contributed by atoms with Gasteiger partial charge in [0.2, 0.25) is 0 Å². The molecule has 3 nitrogen and oxygen atoms in total. The number of carbonyl (C=O) groups excluding carboxylic acids is 1. The summed E-state index contributed by atoms with van der Waals surface area (Å²) in [4.78, 5) is 15.1. The van der Waals surface area contributed by atoms with Gasteiger partial charge in [0.15, 0.2) is 0 Å². The number of ether oxygens (including phenoxy) is 1. The van der Waals surface area contributed by atoms with Crippen LogP contribution in [0.1, 0.15) is 52.7 Å². The molecule has 1 amide bonds. The summed E-state index contributed by atoms with van der Waals surface area (Å²) in [6.07, 6.45) is 0.583. The van der Waals surface area contributed by atoms with Gasteiger partial charge in [-0.05, 0) is 55.9 Å². The van der Waals surface area contributed by atoms with Crippen LogP contribution in [0.25, 0.3) is 0 Å². The number of anilines is 1. The zero-order valence-electron chi connectivity index (χ0n) is 13.8. The smallest absolute Gasteiger partial charge is 0.414 e. The van der Waals surface area contributed by atoms with Gasteiger partial charge in [-0.15, -0.1) is 12.6 Å². The first kappa shape index (κ1) is 16.2. The predicted molar refractivity (Wildman–Crippen MR) is 89.7 cm³/mol. The molecule has 0 bridgehead atoms. The third-order valence-electron chi connectivity index (χ3n) is 3.51. The number of rotatable bonds is 0. The van der Waals surface area contributed by atoms with Crippen molar-refractivity contribution in [1.29, 1.82) is 0 Å². The van der Waals surface area contributed by atoms with E-state index in [1.54, 1.807) is 4.90 Å². The van der Waals surface area contributed by atoms with E-state index >= 15 is 0 Å². The fourth-order valence-corrected chi connectivity index (χ4v) is 3.09. The number of hydrogen-bond acceptors (Lipinski definition) is 3. The van der Waals surface area contributed by atoms with Gasteiger partial charge >= 0.3 is 6.09 Å². The van der Waals surface area contributed by atoms with E-state index in [-0.39, 0.29) is 11.5 Å². The maximum atomic E-state index is 12.4. The number of hydrogen-bond donors (Lipinski definition) is 1. The van der Waals surface area contributed by atoms with Gasteiger partial charge in [-0.25, -0.2) is 4.79 Å². The minimum Gasteiger partial charge on any atom is -0.443 e. The van der Waals surface area contributed by atoms with Crippen molar-refractivity contribution in [2.75, 3.05) is 11.4 Å². The quantitative estimate of drug-likeness (QED) is 0.711. The summed E-state index contributed by atoms with van der Waals surface area (Å²) in [5.74, 6) is 0. The molecule has 0 aromatic heterocycles. The van der Waals surface area contributed by atoms with Crippen molar-refractivity contribution in [1.82, 2.24) is 0 Å². The lowest BCUT2D eigenvalue weighted by molar-refractivity contribution is 0.0584. The van der Waals surface area contributed by atoms with Gasteiger partial charge in [-0.3, -0.25) is 4.90 Å². The highest BCUT2D eigenvalue weighted by atomic mass is 32.1. The van der Waals surface area contributed by atoms with Crippen LogP contribution in [0.2, 0.25) is 0 Å². The average Bonchev–Trinajstić information content (AvgIpc) is 2.66. The van der Waals surface area contributed by atoms with Crippen molar-refractivity contribution >= 4 is 24.4 Å². The van der Waals surface area contributed by atoms with Crippen LogP contribution in [0.5, 0.6) is 0 Å². The topological polar surface area (TPSA) is 29.5 Å². The molecular formula is C17H25NO2S. The van der Waals surface area contributed by atoms with Crippen LogP contribution in [0.15, 0.2) is 17.0 Å². The van der Waals surface area contributed by atoms with Gasteiger partial charge in [-0.2, -0.15) is 0 Å². The fourth-order valence-electron chi connectivity index (χ4n) is 2.53. The maximum absolute atomic E-state index is 12.4. The van der Waals surface area contributed by atoms with Gasteiger partial charge in [0.05, 0.1) is 5.69 Å². The minimum absolute atomic E-state index is 0.00565. The van der Waals surface area contributed by atoms with Gasteiger partial charge in [0.25, 0.3) is 0 Å². The summed E-state index contributed by atoms with van der Waals surface area (Å²) < 4.78 is 5.50. The SMILES string of the molecule is CC(C)(C)OC(=O)N1CCc2cc(S)c(C(C)(C)C)cc21. The molecule has 116 valence electrons. The monoisotopic (exact) mass is 307 g/mol. The molecule has 1 aromatic rings. The molecule has 0 unspecified atom stereocenters. The maximum Gasteiger partial charge on any atom is 0.414 e. The molecule has 0 radical (unpaired) electrons. The predicted octanol–water partition coefficient (Wildman–Crippen LogP) is 4.57. The minimum atomic E-state index is -0.476. The van der Waals surface area contributed by atoms with E-state index < -0.39 is 5.60 Å². The Bertz CT molecular complexity index is 567. The second-order valence-corrected chi connectivity index (χ2v) is 8.11. The first-order valence-electron chi connectivity index (χ1n) is 7.36. The Labute approximate surface area is 133 Å². The Hall–Kier alpha value is -1.16.